The predicted octanol–water partition coefficient (Wildman–Crippen LogP) is 3.36. The van der Waals surface area contributed by atoms with E-state index in [1.165, 1.54) is 25.7 Å². The molecule has 0 fully saturated rings. The fourth-order valence-corrected chi connectivity index (χ4v) is 1.90. The van der Waals surface area contributed by atoms with Gasteiger partial charge in [0.15, 0.2) is 0 Å². The van der Waals surface area contributed by atoms with Gasteiger partial charge in [0.1, 0.15) is 4.32 Å². The Labute approximate surface area is 91.8 Å². The van der Waals surface area contributed by atoms with Gasteiger partial charge in [0.2, 0.25) is 0 Å². The van der Waals surface area contributed by atoms with Crippen LogP contribution >= 0.6 is 24.0 Å². The zero-order valence-corrected chi connectivity index (χ0v) is 10.4. The molecule has 0 amide bonds. The number of thiocarbonyl (C=S) groups is 1. The lowest BCUT2D eigenvalue weighted by Gasteiger charge is -2.05. The van der Waals surface area contributed by atoms with E-state index in [1.807, 2.05) is 0 Å². The third kappa shape index (κ3) is 12.2. The second-order valence-electron chi connectivity index (χ2n) is 2.77. The Morgan fingerprint density at radius 2 is 1.85 bits per heavy atom. The van der Waals surface area contributed by atoms with Crippen molar-refractivity contribution in [1.82, 2.24) is 11.5 Å². The lowest BCUT2D eigenvalue weighted by Crippen LogP contribution is -2.19. The molecule has 0 aliphatic rings. The number of rotatable bonds is 6. The summed E-state index contributed by atoms with van der Waals surface area (Å²) in [5.41, 5.74) is 0. The summed E-state index contributed by atoms with van der Waals surface area (Å²) in [5, 5.41) is 3.24. The molecule has 0 rings (SSSR count). The first-order valence-corrected chi connectivity index (χ1v) is 6.11. The molecule has 80 valence electrons. The van der Waals surface area contributed by atoms with Crippen molar-refractivity contribution in [3.63, 3.8) is 0 Å². The monoisotopic (exact) mass is 222 g/mol. The van der Waals surface area contributed by atoms with Crippen molar-refractivity contribution in [2.24, 2.45) is 0 Å². The minimum atomic E-state index is 0. The standard InChI is InChI=1S/C9H19NS2.H3N/c1-3-5-7-10-9(11)12-8-6-4-2;/h3-8H2,1-2H3,(H,10,11);1H3. The van der Waals surface area contributed by atoms with E-state index in [2.05, 4.69) is 19.2 Å². The normalized spacial score (nSPS) is 9.08. The van der Waals surface area contributed by atoms with E-state index < -0.39 is 0 Å². The highest BCUT2D eigenvalue weighted by Gasteiger charge is 1.94. The van der Waals surface area contributed by atoms with E-state index in [0.717, 1.165) is 16.6 Å². The average Bonchev–Trinajstić information content (AvgIpc) is 2.06. The van der Waals surface area contributed by atoms with Crippen LogP contribution in [0.4, 0.5) is 0 Å². The van der Waals surface area contributed by atoms with E-state index in [-0.39, 0.29) is 6.15 Å². The maximum atomic E-state index is 5.13. The third-order valence-corrected chi connectivity index (χ3v) is 2.93. The van der Waals surface area contributed by atoms with Gasteiger partial charge >= 0.3 is 0 Å². The van der Waals surface area contributed by atoms with Crippen LogP contribution in [0.2, 0.25) is 0 Å². The van der Waals surface area contributed by atoms with E-state index in [4.69, 9.17) is 12.2 Å². The average molecular weight is 222 g/mol. The third-order valence-electron chi connectivity index (χ3n) is 1.53. The molecule has 0 spiro atoms. The fraction of sp³-hybridized carbons (Fsp3) is 0.889. The first kappa shape index (κ1) is 15.7. The summed E-state index contributed by atoms with van der Waals surface area (Å²) in [7, 11) is 0. The predicted molar refractivity (Wildman–Crippen MR) is 67.9 cm³/mol. The van der Waals surface area contributed by atoms with Crippen molar-refractivity contribution in [1.29, 1.82) is 0 Å². The highest BCUT2D eigenvalue weighted by Crippen LogP contribution is 2.05. The fourth-order valence-electron chi connectivity index (χ4n) is 0.727. The summed E-state index contributed by atoms with van der Waals surface area (Å²) >= 11 is 6.90. The molecule has 4 heteroatoms. The van der Waals surface area contributed by atoms with Crippen molar-refractivity contribution >= 4 is 28.3 Å². The number of unbranched alkanes of at least 4 members (excludes halogenated alkanes) is 2. The van der Waals surface area contributed by atoms with Gasteiger partial charge in [-0.1, -0.05) is 50.7 Å². The van der Waals surface area contributed by atoms with Crippen molar-refractivity contribution in [2.75, 3.05) is 12.3 Å². The van der Waals surface area contributed by atoms with Crippen LogP contribution in [0, 0.1) is 0 Å². The molecule has 0 unspecified atom stereocenters. The minimum absolute atomic E-state index is 0. The van der Waals surface area contributed by atoms with Gasteiger partial charge < -0.3 is 11.5 Å². The highest BCUT2D eigenvalue weighted by molar-refractivity contribution is 8.22. The quantitative estimate of drug-likeness (QED) is 0.534. The molecule has 0 atom stereocenters. The summed E-state index contributed by atoms with van der Waals surface area (Å²) < 4.78 is 0.969. The van der Waals surface area contributed by atoms with Gasteiger partial charge in [-0.05, 0) is 12.8 Å². The van der Waals surface area contributed by atoms with Gasteiger partial charge in [-0.2, -0.15) is 0 Å². The first-order valence-electron chi connectivity index (χ1n) is 4.71. The van der Waals surface area contributed by atoms with Crippen molar-refractivity contribution in [3.8, 4) is 0 Å². The summed E-state index contributed by atoms with van der Waals surface area (Å²) in [6, 6.07) is 0. The van der Waals surface area contributed by atoms with Crippen LogP contribution < -0.4 is 11.5 Å². The molecular formula is C9H22N2S2. The lowest BCUT2D eigenvalue weighted by atomic mass is 10.3. The molecule has 13 heavy (non-hydrogen) atoms. The largest absolute Gasteiger partial charge is 0.371 e. The molecule has 4 N–H and O–H groups in total. The van der Waals surface area contributed by atoms with Gasteiger partial charge in [-0.3, -0.25) is 0 Å². The Hall–Kier alpha value is 0.200. The Balaban J connectivity index is 0. The molecule has 0 aliphatic carbocycles. The summed E-state index contributed by atoms with van der Waals surface area (Å²) in [4.78, 5) is 0. The molecule has 0 aromatic rings. The Morgan fingerprint density at radius 3 is 2.38 bits per heavy atom. The number of thioether (sulfide) groups is 1. The van der Waals surface area contributed by atoms with Crippen LogP contribution in [0.5, 0.6) is 0 Å². The molecule has 0 aromatic heterocycles. The zero-order valence-electron chi connectivity index (χ0n) is 8.77. The Morgan fingerprint density at radius 1 is 1.23 bits per heavy atom. The Kier molecular flexibility index (Phi) is 14.7. The summed E-state index contributed by atoms with van der Waals surface area (Å²) in [6.45, 7) is 5.43. The van der Waals surface area contributed by atoms with Crippen LogP contribution in [-0.2, 0) is 0 Å². The molecule has 0 bridgehead atoms. The number of hydrogen-bond acceptors (Lipinski definition) is 3. The van der Waals surface area contributed by atoms with Gasteiger partial charge in [0.05, 0.1) is 0 Å². The van der Waals surface area contributed by atoms with Crippen molar-refractivity contribution in [2.45, 2.75) is 39.5 Å². The summed E-state index contributed by atoms with van der Waals surface area (Å²) in [5.74, 6) is 1.16. The number of nitrogens with one attached hydrogen (secondary N) is 1. The molecular weight excluding hydrogens is 200 g/mol. The van der Waals surface area contributed by atoms with Gasteiger partial charge in [0, 0.05) is 12.3 Å². The van der Waals surface area contributed by atoms with Gasteiger partial charge in [-0.25, -0.2) is 0 Å². The minimum Gasteiger partial charge on any atom is -0.371 e. The molecule has 0 radical (unpaired) electrons. The van der Waals surface area contributed by atoms with E-state index in [0.29, 0.717) is 0 Å². The van der Waals surface area contributed by atoms with Crippen LogP contribution in [0.25, 0.3) is 0 Å². The summed E-state index contributed by atoms with van der Waals surface area (Å²) in [6.07, 6.45) is 4.97. The molecule has 0 saturated heterocycles. The second-order valence-corrected chi connectivity index (χ2v) is 4.54. The molecule has 0 saturated carbocycles. The van der Waals surface area contributed by atoms with Gasteiger partial charge in [-0.15, -0.1) is 0 Å². The van der Waals surface area contributed by atoms with E-state index in [9.17, 15) is 0 Å². The zero-order chi connectivity index (χ0) is 9.23. The SMILES string of the molecule is CCCCNC(=S)SCCCC.N. The highest BCUT2D eigenvalue weighted by atomic mass is 32.2. The van der Waals surface area contributed by atoms with E-state index >= 15 is 0 Å². The molecule has 0 heterocycles. The maximum absolute atomic E-state index is 5.13. The van der Waals surface area contributed by atoms with E-state index in [1.54, 1.807) is 11.8 Å². The smallest absolute Gasteiger partial charge is 0.133 e. The topological polar surface area (TPSA) is 47.0 Å². The Bertz CT molecular complexity index is 106. The first-order chi connectivity index (χ1) is 5.81. The van der Waals surface area contributed by atoms with Crippen molar-refractivity contribution < 1.29 is 0 Å². The molecule has 0 aromatic carbocycles. The van der Waals surface area contributed by atoms with Crippen LogP contribution in [0.1, 0.15) is 39.5 Å². The number of hydrogen-bond donors (Lipinski definition) is 2. The van der Waals surface area contributed by atoms with Crippen molar-refractivity contribution in [3.05, 3.63) is 0 Å². The van der Waals surface area contributed by atoms with Crippen LogP contribution in [0.15, 0.2) is 0 Å². The molecule has 2 nitrogen and oxygen atoms in total. The second kappa shape index (κ2) is 12.2. The maximum Gasteiger partial charge on any atom is 0.133 e. The van der Waals surface area contributed by atoms with Gasteiger partial charge in [0.25, 0.3) is 0 Å². The van der Waals surface area contributed by atoms with Crippen LogP contribution in [0.3, 0.4) is 0 Å². The lowest BCUT2D eigenvalue weighted by molar-refractivity contribution is 0.762. The molecule has 0 aliphatic heterocycles. The van der Waals surface area contributed by atoms with Crippen LogP contribution in [-0.4, -0.2) is 16.6 Å².